The molecule has 0 bridgehead atoms. The molecular weight excluding hydrogens is 384 g/mol. The zero-order chi connectivity index (χ0) is 22.1. The van der Waals surface area contributed by atoms with E-state index in [1.807, 2.05) is 36.4 Å². The van der Waals surface area contributed by atoms with Gasteiger partial charge < -0.3 is 15.2 Å². The average molecular weight is 415 g/mol. The summed E-state index contributed by atoms with van der Waals surface area (Å²) in [6.45, 7) is 5.28. The van der Waals surface area contributed by atoms with E-state index in [0.29, 0.717) is 6.42 Å². The van der Waals surface area contributed by atoms with Gasteiger partial charge in [-0.15, -0.1) is 0 Å². The molecule has 7 nitrogen and oxygen atoms in total. The minimum Gasteiger partial charge on any atom is -0.444 e. The second-order valence-electron chi connectivity index (χ2n) is 8.38. The van der Waals surface area contributed by atoms with E-state index < -0.39 is 34.8 Å². The Hall–Kier alpha value is -2.93. The van der Waals surface area contributed by atoms with Crippen molar-refractivity contribution in [2.45, 2.75) is 63.8 Å². The third-order valence-electron chi connectivity index (χ3n) is 4.57. The molecule has 0 saturated carbocycles. The number of carbonyl (C=O) groups excluding carboxylic acids is 1. The number of nitrogens with zero attached hydrogens (tertiary/aromatic N) is 1. The van der Waals surface area contributed by atoms with Crippen LogP contribution in [0.1, 0.15) is 38.3 Å². The summed E-state index contributed by atoms with van der Waals surface area (Å²) < 4.78 is 5.33. The molecule has 0 saturated heterocycles. The first-order valence-electron chi connectivity index (χ1n) is 10.0. The highest BCUT2D eigenvalue weighted by atomic mass is 16.6. The van der Waals surface area contributed by atoms with Crippen LogP contribution in [0.3, 0.4) is 0 Å². The molecule has 3 unspecified atom stereocenters. The van der Waals surface area contributed by atoms with Crippen molar-refractivity contribution in [3.05, 3.63) is 81.9 Å². The highest BCUT2D eigenvalue weighted by Crippen LogP contribution is 2.16. The zero-order valence-corrected chi connectivity index (χ0v) is 17.7. The van der Waals surface area contributed by atoms with Gasteiger partial charge in [0.1, 0.15) is 11.7 Å². The number of nitro groups is 1. The van der Waals surface area contributed by atoms with Crippen molar-refractivity contribution in [1.29, 1.82) is 0 Å². The van der Waals surface area contributed by atoms with Crippen LogP contribution in [0, 0.1) is 10.1 Å². The van der Waals surface area contributed by atoms with Gasteiger partial charge in [-0.25, -0.2) is 4.79 Å². The Balaban J connectivity index is 2.12. The summed E-state index contributed by atoms with van der Waals surface area (Å²) in [6, 6.07) is 16.8. The first-order chi connectivity index (χ1) is 14.1. The quantitative estimate of drug-likeness (QED) is 0.480. The molecule has 30 heavy (non-hydrogen) atoms. The van der Waals surface area contributed by atoms with Crippen LogP contribution in [0.4, 0.5) is 4.79 Å². The number of amides is 1. The Labute approximate surface area is 177 Å². The molecule has 162 valence electrons. The summed E-state index contributed by atoms with van der Waals surface area (Å²) in [5, 5.41) is 25.1. The average Bonchev–Trinajstić information content (AvgIpc) is 2.65. The number of aliphatic hydroxyl groups excluding tert-OH is 1. The maximum Gasteiger partial charge on any atom is 0.407 e. The number of rotatable bonds is 9. The number of carbonyl (C=O) groups is 1. The first kappa shape index (κ1) is 23.3. The lowest BCUT2D eigenvalue weighted by molar-refractivity contribution is -0.534. The Morgan fingerprint density at radius 3 is 2.00 bits per heavy atom. The van der Waals surface area contributed by atoms with Crippen LogP contribution in [0.2, 0.25) is 0 Å². The SMILES string of the molecule is CC(C)(C)OC(=O)NC(Cc1ccccc1)CC(O)C(Cc1ccccc1)[N+](=O)[O-]. The Kier molecular flexibility index (Phi) is 8.35. The molecule has 2 aromatic carbocycles. The van der Waals surface area contributed by atoms with Gasteiger partial charge in [-0.3, -0.25) is 10.1 Å². The lowest BCUT2D eigenvalue weighted by Crippen LogP contribution is -2.45. The number of ether oxygens (including phenoxy) is 1. The molecule has 7 heteroatoms. The summed E-state index contributed by atoms with van der Waals surface area (Å²) >= 11 is 0. The van der Waals surface area contributed by atoms with Crippen molar-refractivity contribution in [1.82, 2.24) is 5.32 Å². The summed E-state index contributed by atoms with van der Waals surface area (Å²) in [7, 11) is 0. The van der Waals surface area contributed by atoms with E-state index in [2.05, 4.69) is 5.32 Å². The summed E-state index contributed by atoms with van der Waals surface area (Å²) in [5.74, 6) is 0. The third kappa shape index (κ3) is 8.21. The predicted octanol–water partition coefficient (Wildman–Crippen LogP) is 3.76. The largest absolute Gasteiger partial charge is 0.444 e. The standard InChI is InChI=1S/C23H30N2O5/c1-23(2,3)30-22(27)24-19(14-17-10-6-4-7-11-17)16-21(26)20(25(28)29)15-18-12-8-5-9-13-18/h4-13,19-21,26H,14-16H2,1-3H3,(H,24,27). The van der Waals surface area contributed by atoms with E-state index in [1.54, 1.807) is 45.0 Å². The Morgan fingerprint density at radius 2 is 1.53 bits per heavy atom. The number of aliphatic hydroxyl groups is 1. The number of hydrogen-bond donors (Lipinski definition) is 2. The Bertz CT molecular complexity index is 805. The van der Waals surface area contributed by atoms with E-state index >= 15 is 0 Å². The molecule has 0 aliphatic heterocycles. The molecule has 0 spiro atoms. The van der Waals surface area contributed by atoms with E-state index in [9.17, 15) is 20.0 Å². The number of alkyl carbamates (subject to hydrolysis) is 1. The second-order valence-corrected chi connectivity index (χ2v) is 8.38. The minimum atomic E-state index is -1.23. The fourth-order valence-electron chi connectivity index (χ4n) is 3.22. The number of benzene rings is 2. The van der Waals surface area contributed by atoms with Crippen LogP contribution in [0.25, 0.3) is 0 Å². The van der Waals surface area contributed by atoms with Crippen LogP contribution in [0.5, 0.6) is 0 Å². The monoisotopic (exact) mass is 414 g/mol. The lowest BCUT2D eigenvalue weighted by Gasteiger charge is -2.26. The second kappa shape index (κ2) is 10.7. The number of nitrogens with one attached hydrogen (secondary N) is 1. The van der Waals surface area contributed by atoms with Gasteiger partial charge >= 0.3 is 6.09 Å². The van der Waals surface area contributed by atoms with Crippen LogP contribution in [-0.2, 0) is 17.6 Å². The van der Waals surface area contributed by atoms with Gasteiger partial charge in [0.15, 0.2) is 0 Å². The highest BCUT2D eigenvalue weighted by molar-refractivity contribution is 5.68. The lowest BCUT2D eigenvalue weighted by atomic mass is 9.94. The van der Waals surface area contributed by atoms with Gasteiger partial charge in [-0.2, -0.15) is 0 Å². The molecule has 0 heterocycles. The van der Waals surface area contributed by atoms with Crippen LogP contribution in [-0.4, -0.2) is 39.9 Å². The molecule has 1 amide bonds. The molecule has 0 radical (unpaired) electrons. The minimum absolute atomic E-state index is 0.0343. The van der Waals surface area contributed by atoms with Gasteiger partial charge in [0, 0.05) is 23.8 Å². The van der Waals surface area contributed by atoms with Gasteiger partial charge in [0.25, 0.3) is 0 Å². The molecule has 2 rings (SSSR count). The molecule has 2 aromatic rings. The van der Waals surface area contributed by atoms with E-state index in [0.717, 1.165) is 11.1 Å². The fourth-order valence-corrected chi connectivity index (χ4v) is 3.22. The third-order valence-corrected chi connectivity index (χ3v) is 4.57. The van der Waals surface area contributed by atoms with Gasteiger partial charge in [-0.05, 0) is 38.3 Å². The normalized spacial score (nSPS) is 14.4. The van der Waals surface area contributed by atoms with Crippen LogP contribution in [0.15, 0.2) is 60.7 Å². The van der Waals surface area contributed by atoms with Gasteiger partial charge in [-0.1, -0.05) is 60.7 Å². The molecule has 0 aromatic heterocycles. The molecule has 0 fully saturated rings. The topological polar surface area (TPSA) is 102 Å². The Morgan fingerprint density at radius 1 is 1.03 bits per heavy atom. The zero-order valence-electron chi connectivity index (χ0n) is 17.7. The van der Waals surface area contributed by atoms with E-state index in [1.165, 1.54) is 0 Å². The fraction of sp³-hybridized carbons (Fsp3) is 0.435. The van der Waals surface area contributed by atoms with Crippen molar-refractivity contribution in [3.63, 3.8) is 0 Å². The van der Waals surface area contributed by atoms with Crippen molar-refractivity contribution in [2.24, 2.45) is 0 Å². The molecule has 0 aliphatic carbocycles. The maximum atomic E-state index is 12.3. The predicted molar refractivity (Wildman–Crippen MR) is 115 cm³/mol. The van der Waals surface area contributed by atoms with Crippen molar-refractivity contribution < 1.29 is 19.6 Å². The number of hydrogen-bond acceptors (Lipinski definition) is 5. The summed E-state index contributed by atoms with van der Waals surface area (Å²) in [6.07, 6.45) is -1.28. The first-order valence-corrected chi connectivity index (χ1v) is 10.0. The molecular formula is C23H30N2O5. The van der Waals surface area contributed by atoms with Crippen LogP contribution < -0.4 is 5.32 Å². The van der Waals surface area contributed by atoms with Crippen molar-refractivity contribution in [2.75, 3.05) is 0 Å². The van der Waals surface area contributed by atoms with Crippen LogP contribution >= 0.6 is 0 Å². The van der Waals surface area contributed by atoms with E-state index in [4.69, 9.17) is 4.74 Å². The summed E-state index contributed by atoms with van der Waals surface area (Å²) in [5.41, 5.74) is 1.06. The summed E-state index contributed by atoms with van der Waals surface area (Å²) in [4.78, 5) is 23.5. The molecule has 0 aliphatic rings. The molecule has 2 N–H and O–H groups in total. The smallest absolute Gasteiger partial charge is 0.407 e. The maximum absolute atomic E-state index is 12.3. The van der Waals surface area contributed by atoms with Crippen molar-refractivity contribution in [3.8, 4) is 0 Å². The molecule has 3 atom stereocenters. The van der Waals surface area contributed by atoms with Gasteiger partial charge in [0.05, 0.1) is 0 Å². The van der Waals surface area contributed by atoms with E-state index in [-0.39, 0.29) is 12.8 Å². The highest BCUT2D eigenvalue weighted by Gasteiger charge is 2.33. The van der Waals surface area contributed by atoms with Gasteiger partial charge in [0.2, 0.25) is 6.04 Å². The van der Waals surface area contributed by atoms with Crippen molar-refractivity contribution >= 4 is 6.09 Å².